The van der Waals surface area contributed by atoms with Crippen LogP contribution in [0.5, 0.6) is 0 Å². The molecule has 0 aromatic carbocycles. The van der Waals surface area contributed by atoms with Gasteiger partial charge in [0.15, 0.2) is 5.78 Å². The monoisotopic (exact) mass is 282 g/mol. The van der Waals surface area contributed by atoms with Crippen molar-refractivity contribution in [1.29, 1.82) is 0 Å². The first-order chi connectivity index (χ1) is 7.25. The Balaban J connectivity index is 2.11. The highest BCUT2D eigenvalue weighted by Gasteiger charge is 2.09. The maximum Gasteiger partial charge on any atom is 0.186 e. The van der Waals surface area contributed by atoms with Crippen LogP contribution < -0.4 is 0 Å². The first kappa shape index (κ1) is 10.4. The molecule has 0 atom stereocenters. The van der Waals surface area contributed by atoms with Gasteiger partial charge in [-0.1, -0.05) is 0 Å². The number of Topliss-reactive ketones (excluding diaryl/α,β-unsaturated/α-hetero) is 1. The molecule has 2 rings (SSSR count). The van der Waals surface area contributed by atoms with Gasteiger partial charge in [0.2, 0.25) is 0 Å². The molecule has 5 heteroatoms. The molecule has 15 heavy (non-hydrogen) atoms. The van der Waals surface area contributed by atoms with Crippen molar-refractivity contribution in [3.63, 3.8) is 0 Å². The van der Waals surface area contributed by atoms with E-state index in [1.165, 1.54) is 6.33 Å². The molecule has 0 unspecified atom stereocenters. The largest absolute Gasteiger partial charge is 0.292 e. The summed E-state index contributed by atoms with van der Waals surface area (Å²) in [5.41, 5.74) is 0.467. The summed E-state index contributed by atoms with van der Waals surface area (Å²) < 4.78 is 1.01. The van der Waals surface area contributed by atoms with Crippen molar-refractivity contribution in [2.24, 2.45) is 0 Å². The summed E-state index contributed by atoms with van der Waals surface area (Å²) in [7, 11) is 0. The highest BCUT2D eigenvalue weighted by atomic mass is 79.9. The van der Waals surface area contributed by atoms with Gasteiger partial charge in [0, 0.05) is 27.3 Å². The molecule has 3 nitrogen and oxygen atoms in total. The fraction of sp³-hybridized carbons (Fsp3) is 0.100. The maximum absolute atomic E-state index is 11.7. The second-order valence-electron chi connectivity index (χ2n) is 2.93. The molecule has 0 N–H and O–H groups in total. The Labute approximate surface area is 99.3 Å². The van der Waals surface area contributed by atoms with Gasteiger partial charge in [-0.2, -0.15) is 0 Å². The quantitative estimate of drug-likeness (QED) is 0.813. The SMILES string of the molecule is O=C(Cc1cc(Br)cs1)c1ccncn1. The van der Waals surface area contributed by atoms with E-state index < -0.39 is 0 Å². The molecule has 0 radical (unpaired) electrons. The molecular weight excluding hydrogens is 276 g/mol. The molecule has 0 aliphatic rings. The fourth-order valence-electron chi connectivity index (χ4n) is 1.15. The fourth-order valence-corrected chi connectivity index (χ4v) is 2.60. The summed E-state index contributed by atoms with van der Waals surface area (Å²) in [4.78, 5) is 20.4. The van der Waals surface area contributed by atoms with Crippen LogP contribution in [0.2, 0.25) is 0 Å². The summed E-state index contributed by atoms with van der Waals surface area (Å²) in [6, 6.07) is 3.58. The summed E-state index contributed by atoms with van der Waals surface area (Å²) in [6.07, 6.45) is 3.36. The summed E-state index contributed by atoms with van der Waals surface area (Å²) in [5.74, 6) is 0.0201. The third kappa shape index (κ3) is 2.70. The van der Waals surface area contributed by atoms with E-state index in [-0.39, 0.29) is 5.78 Å². The number of hydrogen-bond acceptors (Lipinski definition) is 4. The molecule has 0 amide bonds. The number of nitrogens with zero attached hydrogens (tertiary/aromatic N) is 2. The zero-order valence-electron chi connectivity index (χ0n) is 7.68. The van der Waals surface area contributed by atoms with E-state index >= 15 is 0 Å². The highest BCUT2D eigenvalue weighted by molar-refractivity contribution is 9.10. The number of ketones is 1. The predicted molar refractivity (Wildman–Crippen MR) is 62.1 cm³/mol. The van der Waals surface area contributed by atoms with Gasteiger partial charge in [0.25, 0.3) is 0 Å². The lowest BCUT2D eigenvalue weighted by molar-refractivity contribution is 0.0989. The van der Waals surface area contributed by atoms with E-state index in [9.17, 15) is 4.79 Å². The molecule has 0 saturated heterocycles. The van der Waals surface area contributed by atoms with E-state index in [4.69, 9.17) is 0 Å². The highest BCUT2D eigenvalue weighted by Crippen LogP contribution is 2.20. The van der Waals surface area contributed by atoms with Gasteiger partial charge >= 0.3 is 0 Å². The number of carbonyl (C=O) groups is 1. The van der Waals surface area contributed by atoms with Crippen molar-refractivity contribution in [3.8, 4) is 0 Å². The second-order valence-corrected chi connectivity index (χ2v) is 4.84. The van der Waals surface area contributed by atoms with Crippen LogP contribution in [0.3, 0.4) is 0 Å². The lowest BCUT2D eigenvalue weighted by Gasteiger charge is -1.96. The molecule has 0 saturated carbocycles. The number of carbonyl (C=O) groups excluding carboxylic acids is 1. The summed E-state index contributed by atoms with van der Waals surface area (Å²) in [6.45, 7) is 0. The molecule has 76 valence electrons. The molecule has 2 heterocycles. The van der Waals surface area contributed by atoms with Gasteiger partial charge in [-0.3, -0.25) is 4.79 Å². The predicted octanol–water partition coefficient (Wildman–Crippen LogP) is 2.73. The smallest absolute Gasteiger partial charge is 0.186 e. The van der Waals surface area contributed by atoms with Crippen LogP contribution in [0.15, 0.2) is 34.5 Å². The Morgan fingerprint density at radius 1 is 1.53 bits per heavy atom. The lowest BCUT2D eigenvalue weighted by Crippen LogP contribution is -2.04. The van der Waals surface area contributed by atoms with Gasteiger partial charge in [0.05, 0.1) is 0 Å². The molecule has 0 fully saturated rings. The molecule has 0 aliphatic carbocycles. The molecule has 0 spiro atoms. The van der Waals surface area contributed by atoms with Crippen LogP contribution in [0.1, 0.15) is 15.4 Å². The Kier molecular flexibility index (Phi) is 3.23. The van der Waals surface area contributed by atoms with Crippen molar-refractivity contribution in [3.05, 3.63) is 45.1 Å². The number of rotatable bonds is 3. The molecule has 0 bridgehead atoms. The van der Waals surface area contributed by atoms with Crippen LogP contribution in [0.4, 0.5) is 0 Å². The summed E-state index contributed by atoms with van der Waals surface area (Å²) >= 11 is 4.91. The minimum absolute atomic E-state index is 0.0201. The first-order valence-corrected chi connectivity index (χ1v) is 5.95. The van der Waals surface area contributed by atoms with Crippen LogP contribution >= 0.6 is 27.3 Å². The van der Waals surface area contributed by atoms with E-state index in [1.54, 1.807) is 23.6 Å². The molecule has 2 aromatic heterocycles. The molecule has 2 aromatic rings. The van der Waals surface area contributed by atoms with Gasteiger partial charge in [0.1, 0.15) is 12.0 Å². The Bertz CT molecular complexity index is 469. The zero-order chi connectivity index (χ0) is 10.7. The zero-order valence-corrected chi connectivity index (χ0v) is 10.1. The molecular formula is C10H7BrN2OS. The van der Waals surface area contributed by atoms with Gasteiger partial charge in [-0.25, -0.2) is 9.97 Å². The Morgan fingerprint density at radius 2 is 2.40 bits per heavy atom. The standard InChI is InChI=1S/C10H7BrN2OS/c11-7-3-8(15-5-7)4-10(14)9-1-2-12-6-13-9/h1-3,5-6H,4H2. The minimum atomic E-state index is 0.0201. The van der Waals surface area contributed by atoms with E-state index in [1.807, 2.05) is 11.4 Å². The topological polar surface area (TPSA) is 42.9 Å². The van der Waals surface area contributed by atoms with E-state index in [2.05, 4.69) is 25.9 Å². The van der Waals surface area contributed by atoms with E-state index in [0.717, 1.165) is 9.35 Å². The van der Waals surface area contributed by atoms with Crippen molar-refractivity contribution >= 4 is 33.0 Å². The van der Waals surface area contributed by atoms with Crippen LogP contribution in [0, 0.1) is 0 Å². The average Bonchev–Trinajstić information content (AvgIpc) is 2.65. The third-order valence-electron chi connectivity index (χ3n) is 1.82. The van der Waals surface area contributed by atoms with Gasteiger partial charge in [-0.05, 0) is 28.1 Å². The molecule has 0 aliphatic heterocycles. The van der Waals surface area contributed by atoms with Gasteiger partial charge < -0.3 is 0 Å². The number of aromatic nitrogens is 2. The average molecular weight is 283 g/mol. The van der Waals surface area contributed by atoms with Crippen LogP contribution in [-0.2, 0) is 6.42 Å². The van der Waals surface area contributed by atoms with Crippen molar-refractivity contribution in [2.75, 3.05) is 0 Å². The van der Waals surface area contributed by atoms with Crippen LogP contribution in [0.25, 0.3) is 0 Å². The second kappa shape index (κ2) is 4.63. The Morgan fingerprint density at radius 3 is 3.00 bits per heavy atom. The summed E-state index contributed by atoms with van der Waals surface area (Å²) in [5, 5.41) is 1.96. The number of halogens is 1. The third-order valence-corrected chi connectivity index (χ3v) is 3.52. The van der Waals surface area contributed by atoms with Gasteiger partial charge in [-0.15, -0.1) is 11.3 Å². The van der Waals surface area contributed by atoms with E-state index in [0.29, 0.717) is 12.1 Å². The van der Waals surface area contributed by atoms with Crippen LogP contribution in [-0.4, -0.2) is 15.8 Å². The normalized spacial score (nSPS) is 10.2. The number of thiophene rings is 1. The first-order valence-electron chi connectivity index (χ1n) is 4.28. The van der Waals surface area contributed by atoms with Crippen molar-refractivity contribution < 1.29 is 4.79 Å². The lowest BCUT2D eigenvalue weighted by atomic mass is 10.2. The minimum Gasteiger partial charge on any atom is -0.292 e. The maximum atomic E-state index is 11.7. The number of hydrogen-bond donors (Lipinski definition) is 0. The Hall–Kier alpha value is -1.07. The van der Waals surface area contributed by atoms with Crippen molar-refractivity contribution in [2.45, 2.75) is 6.42 Å². The van der Waals surface area contributed by atoms with Crippen molar-refractivity contribution in [1.82, 2.24) is 9.97 Å².